The minimum Gasteiger partial charge on any atom is -0.383 e. The molecule has 1 aliphatic rings. The van der Waals surface area contributed by atoms with Gasteiger partial charge in [-0.25, -0.2) is 4.98 Å². The molecule has 3 nitrogen and oxygen atoms in total. The number of likely N-dealkylation sites (N-methyl/N-ethyl adjacent to an activating group) is 1. The molecule has 0 radical (unpaired) electrons. The number of nitrogens with zero attached hydrogens (tertiary/aromatic N) is 1. The van der Waals surface area contributed by atoms with Crippen molar-refractivity contribution in [2.45, 2.75) is 32.2 Å². The molecule has 1 heterocycles. The maximum absolute atomic E-state index is 5.85. The smallest absolute Gasteiger partial charge is 0.126 e. The van der Waals surface area contributed by atoms with Gasteiger partial charge in [0.15, 0.2) is 0 Å². The molecular formula is C12H19N3. The van der Waals surface area contributed by atoms with E-state index >= 15 is 0 Å². The molecule has 2 rings (SSSR count). The Morgan fingerprint density at radius 1 is 1.60 bits per heavy atom. The Morgan fingerprint density at radius 2 is 2.40 bits per heavy atom. The molecule has 82 valence electrons. The van der Waals surface area contributed by atoms with Crippen molar-refractivity contribution in [1.82, 2.24) is 10.3 Å². The molecule has 0 aliphatic heterocycles. The standard InChI is InChI=1S/C12H19N3/c1-2-14-11(9-5-6-9)8-10-4-3-7-15-12(10)13/h3-4,7,9,11,14H,2,5-6,8H2,1H3,(H2,13,15). The van der Waals surface area contributed by atoms with Gasteiger partial charge in [-0.15, -0.1) is 0 Å². The summed E-state index contributed by atoms with van der Waals surface area (Å²) in [5.74, 6) is 1.53. The number of anilines is 1. The molecule has 3 N–H and O–H groups in total. The van der Waals surface area contributed by atoms with Crippen molar-refractivity contribution in [1.29, 1.82) is 0 Å². The Morgan fingerprint density at radius 3 is 3.00 bits per heavy atom. The summed E-state index contributed by atoms with van der Waals surface area (Å²) in [4.78, 5) is 4.12. The van der Waals surface area contributed by atoms with E-state index in [0.29, 0.717) is 11.9 Å². The second-order valence-electron chi connectivity index (χ2n) is 4.25. The van der Waals surface area contributed by atoms with Crippen molar-refractivity contribution >= 4 is 5.82 Å². The van der Waals surface area contributed by atoms with Gasteiger partial charge in [0.1, 0.15) is 5.82 Å². The van der Waals surface area contributed by atoms with E-state index in [4.69, 9.17) is 5.73 Å². The fraction of sp³-hybridized carbons (Fsp3) is 0.583. The van der Waals surface area contributed by atoms with Crippen molar-refractivity contribution in [2.75, 3.05) is 12.3 Å². The molecule has 1 saturated carbocycles. The molecule has 0 aromatic carbocycles. The van der Waals surface area contributed by atoms with Gasteiger partial charge in [-0.05, 0) is 43.4 Å². The summed E-state index contributed by atoms with van der Waals surface area (Å²) < 4.78 is 0. The maximum atomic E-state index is 5.85. The molecule has 0 amide bonds. The van der Waals surface area contributed by atoms with Gasteiger partial charge in [0, 0.05) is 12.2 Å². The lowest BCUT2D eigenvalue weighted by Gasteiger charge is -2.17. The molecule has 1 aromatic rings. The molecule has 0 saturated heterocycles. The lowest BCUT2D eigenvalue weighted by molar-refractivity contribution is 0.472. The minimum atomic E-state index is 0.585. The van der Waals surface area contributed by atoms with Crippen LogP contribution in [0.1, 0.15) is 25.3 Å². The summed E-state index contributed by atoms with van der Waals surface area (Å²) in [5.41, 5.74) is 7.02. The van der Waals surface area contributed by atoms with E-state index in [9.17, 15) is 0 Å². The molecule has 0 bridgehead atoms. The van der Waals surface area contributed by atoms with Gasteiger partial charge in [0.05, 0.1) is 0 Å². The highest BCUT2D eigenvalue weighted by atomic mass is 14.9. The van der Waals surface area contributed by atoms with Crippen molar-refractivity contribution in [2.24, 2.45) is 5.92 Å². The zero-order chi connectivity index (χ0) is 10.7. The number of hydrogen-bond acceptors (Lipinski definition) is 3. The number of aromatic nitrogens is 1. The second-order valence-corrected chi connectivity index (χ2v) is 4.25. The Bertz CT molecular complexity index is 320. The highest BCUT2D eigenvalue weighted by Gasteiger charge is 2.30. The van der Waals surface area contributed by atoms with Crippen LogP contribution in [-0.2, 0) is 6.42 Å². The number of nitrogen functional groups attached to an aromatic ring is 1. The number of hydrogen-bond donors (Lipinski definition) is 2. The molecule has 0 spiro atoms. The first kappa shape index (κ1) is 10.4. The number of rotatable bonds is 5. The predicted molar refractivity (Wildman–Crippen MR) is 62.5 cm³/mol. The summed E-state index contributed by atoms with van der Waals surface area (Å²) in [5, 5.41) is 3.54. The van der Waals surface area contributed by atoms with Crippen LogP contribution in [0.2, 0.25) is 0 Å². The maximum Gasteiger partial charge on any atom is 0.126 e. The van der Waals surface area contributed by atoms with Crippen molar-refractivity contribution in [3.05, 3.63) is 23.9 Å². The monoisotopic (exact) mass is 205 g/mol. The first-order valence-corrected chi connectivity index (χ1v) is 5.74. The average Bonchev–Trinajstić information content (AvgIpc) is 3.04. The molecular weight excluding hydrogens is 186 g/mol. The van der Waals surface area contributed by atoms with E-state index in [1.807, 2.05) is 6.07 Å². The van der Waals surface area contributed by atoms with Crippen molar-refractivity contribution < 1.29 is 0 Å². The van der Waals surface area contributed by atoms with Crippen LogP contribution >= 0.6 is 0 Å². The van der Waals surface area contributed by atoms with Crippen molar-refractivity contribution in [3.63, 3.8) is 0 Å². The molecule has 1 aliphatic carbocycles. The van der Waals surface area contributed by atoms with E-state index < -0.39 is 0 Å². The Labute approximate surface area is 91.1 Å². The van der Waals surface area contributed by atoms with Gasteiger partial charge in [0.2, 0.25) is 0 Å². The molecule has 1 atom stereocenters. The normalized spacial score (nSPS) is 17.7. The lowest BCUT2D eigenvalue weighted by atomic mass is 10.0. The SMILES string of the molecule is CCNC(Cc1cccnc1N)C1CC1. The highest BCUT2D eigenvalue weighted by molar-refractivity contribution is 5.39. The van der Waals surface area contributed by atoms with E-state index in [1.54, 1.807) is 6.20 Å². The third-order valence-corrected chi connectivity index (χ3v) is 3.02. The van der Waals surface area contributed by atoms with Gasteiger partial charge < -0.3 is 11.1 Å². The molecule has 1 unspecified atom stereocenters. The van der Waals surface area contributed by atoms with Gasteiger partial charge in [-0.2, -0.15) is 0 Å². The van der Waals surface area contributed by atoms with Crippen LogP contribution in [-0.4, -0.2) is 17.6 Å². The molecule has 1 aromatic heterocycles. The average molecular weight is 205 g/mol. The fourth-order valence-electron chi connectivity index (χ4n) is 2.03. The van der Waals surface area contributed by atoms with Crippen molar-refractivity contribution in [3.8, 4) is 0 Å². The van der Waals surface area contributed by atoms with E-state index in [1.165, 1.54) is 18.4 Å². The van der Waals surface area contributed by atoms with Crippen LogP contribution in [0, 0.1) is 5.92 Å². The van der Waals surface area contributed by atoms with E-state index in [0.717, 1.165) is 18.9 Å². The quantitative estimate of drug-likeness (QED) is 0.767. The molecule has 1 fully saturated rings. The van der Waals surface area contributed by atoms with E-state index in [-0.39, 0.29) is 0 Å². The summed E-state index contributed by atoms with van der Waals surface area (Å²) >= 11 is 0. The molecule has 3 heteroatoms. The summed E-state index contributed by atoms with van der Waals surface area (Å²) in [6.07, 6.45) is 5.48. The van der Waals surface area contributed by atoms with Crippen LogP contribution in [0.4, 0.5) is 5.82 Å². The highest BCUT2D eigenvalue weighted by Crippen LogP contribution is 2.34. The second kappa shape index (κ2) is 4.62. The van der Waals surface area contributed by atoms with Gasteiger partial charge >= 0.3 is 0 Å². The summed E-state index contributed by atoms with van der Waals surface area (Å²) in [6.45, 7) is 3.18. The lowest BCUT2D eigenvalue weighted by Crippen LogP contribution is -2.33. The fourth-order valence-corrected chi connectivity index (χ4v) is 2.03. The zero-order valence-corrected chi connectivity index (χ0v) is 9.24. The van der Waals surface area contributed by atoms with Gasteiger partial charge in [-0.3, -0.25) is 0 Å². The third-order valence-electron chi connectivity index (χ3n) is 3.02. The Balaban J connectivity index is 2.02. The zero-order valence-electron chi connectivity index (χ0n) is 9.24. The van der Waals surface area contributed by atoms with Gasteiger partial charge in [-0.1, -0.05) is 13.0 Å². The number of nitrogens with one attached hydrogen (secondary N) is 1. The first-order chi connectivity index (χ1) is 7.31. The van der Waals surface area contributed by atoms with Crippen LogP contribution in [0.25, 0.3) is 0 Å². The summed E-state index contributed by atoms with van der Waals surface area (Å²) in [6, 6.07) is 4.62. The van der Waals surface area contributed by atoms with E-state index in [2.05, 4.69) is 23.3 Å². The number of nitrogens with two attached hydrogens (primary N) is 1. The Hall–Kier alpha value is -1.09. The van der Waals surface area contributed by atoms with Gasteiger partial charge in [0.25, 0.3) is 0 Å². The first-order valence-electron chi connectivity index (χ1n) is 5.74. The van der Waals surface area contributed by atoms with Crippen LogP contribution in [0.3, 0.4) is 0 Å². The Kier molecular flexibility index (Phi) is 3.21. The molecule has 15 heavy (non-hydrogen) atoms. The number of pyridine rings is 1. The topological polar surface area (TPSA) is 50.9 Å². The third kappa shape index (κ3) is 2.69. The van der Waals surface area contributed by atoms with Crippen LogP contribution in [0.15, 0.2) is 18.3 Å². The predicted octanol–water partition coefficient (Wildman–Crippen LogP) is 1.59. The van der Waals surface area contributed by atoms with Crippen LogP contribution < -0.4 is 11.1 Å². The summed E-state index contributed by atoms with van der Waals surface area (Å²) in [7, 11) is 0. The minimum absolute atomic E-state index is 0.585. The largest absolute Gasteiger partial charge is 0.383 e. The van der Waals surface area contributed by atoms with Crippen LogP contribution in [0.5, 0.6) is 0 Å².